The molecule has 6 heteroatoms. The van der Waals surface area contributed by atoms with E-state index in [0.717, 1.165) is 5.56 Å². The lowest BCUT2D eigenvalue weighted by molar-refractivity contribution is -0.322. The Morgan fingerprint density at radius 2 is 2.06 bits per heavy atom. The van der Waals surface area contributed by atoms with Crippen LogP contribution in [0, 0.1) is 6.92 Å². The van der Waals surface area contributed by atoms with Gasteiger partial charge in [-0.1, -0.05) is 17.7 Å². The molecule has 16 heavy (non-hydrogen) atoms. The van der Waals surface area contributed by atoms with Crippen LogP contribution in [0.1, 0.15) is 5.56 Å². The Labute approximate surface area is 96.4 Å². The third-order valence-corrected chi connectivity index (χ3v) is 2.28. The van der Waals surface area contributed by atoms with Gasteiger partial charge >= 0.3 is 6.36 Å². The van der Waals surface area contributed by atoms with Crippen LogP contribution in [0.5, 0.6) is 0 Å². The Balaban J connectivity index is 2.35. The SMILES string of the molecule is Cc1ccc(NCCOC(F)(F)F)cc1Cl. The molecule has 0 amide bonds. The zero-order valence-electron chi connectivity index (χ0n) is 8.57. The molecule has 1 N–H and O–H groups in total. The van der Waals surface area contributed by atoms with Crippen LogP contribution in [-0.2, 0) is 4.74 Å². The van der Waals surface area contributed by atoms with Gasteiger partial charge in [-0.05, 0) is 24.6 Å². The molecule has 0 aliphatic rings. The number of rotatable bonds is 4. The molecule has 1 aromatic carbocycles. The largest absolute Gasteiger partial charge is 0.522 e. The second-order valence-corrected chi connectivity index (χ2v) is 3.59. The smallest absolute Gasteiger partial charge is 0.383 e. The van der Waals surface area contributed by atoms with Crippen LogP contribution >= 0.6 is 11.6 Å². The van der Waals surface area contributed by atoms with E-state index in [1.807, 2.05) is 6.92 Å². The molecular formula is C10H11ClF3NO. The maximum Gasteiger partial charge on any atom is 0.522 e. The van der Waals surface area contributed by atoms with Crippen LogP contribution in [0.4, 0.5) is 18.9 Å². The Bertz CT molecular complexity index is 354. The Morgan fingerprint density at radius 1 is 1.38 bits per heavy atom. The highest BCUT2D eigenvalue weighted by Crippen LogP contribution is 2.20. The summed E-state index contributed by atoms with van der Waals surface area (Å²) < 4.78 is 38.5. The first-order chi connectivity index (χ1) is 7.38. The molecule has 0 bridgehead atoms. The number of hydrogen-bond acceptors (Lipinski definition) is 2. The second-order valence-electron chi connectivity index (χ2n) is 3.18. The number of alkyl halides is 3. The molecule has 0 unspecified atom stereocenters. The van der Waals surface area contributed by atoms with Gasteiger partial charge < -0.3 is 5.32 Å². The minimum Gasteiger partial charge on any atom is -0.383 e. The third-order valence-electron chi connectivity index (χ3n) is 1.87. The number of ether oxygens (including phenoxy) is 1. The fourth-order valence-corrected chi connectivity index (χ4v) is 1.25. The molecule has 0 radical (unpaired) electrons. The van der Waals surface area contributed by atoms with E-state index < -0.39 is 13.0 Å². The maximum absolute atomic E-state index is 11.6. The van der Waals surface area contributed by atoms with Crippen LogP contribution in [0.3, 0.4) is 0 Å². The van der Waals surface area contributed by atoms with E-state index >= 15 is 0 Å². The molecule has 0 aromatic heterocycles. The number of anilines is 1. The monoisotopic (exact) mass is 253 g/mol. The van der Waals surface area contributed by atoms with E-state index in [1.165, 1.54) is 0 Å². The van der Waals surface area contributed by atoms with Gasteiger partial charge in [-0.3, -0.25) is 4.74 Å². The van der Waals surface area contributed by atoms with Crippen molar-refractivity contribution in [1.29, 1.82) is 0 Å². The minimum absolute atomic E-state index is 0.0684. The van der Waals surface area contributed by atoms with Gasteiger partial charge in [0.1, 0.15) is 0 Å². The lowest BCUT2D eigenvalue weighted by Gasteiger charge is -2.09. The van der Waals surface area contributed by atoms with E-state index in [4.69, 9.17) is 11.6 Å². The van der Waals surface area contributed by atoms with Crippen molar-refractivity contribution in [3.63, 3.8) is 0 Å². The van der Waals surface area contributed by atoms with Gasteiger partial charge in [0.15, 0.2) is 0 Å². The van der Waals surface area contributed by atoms with Crippen LogP contribution in [0.25, 0.3) is 0 Å². The van der Waals surface area contributed by atoms with Crippen molar-refractivity contribution in [2.24, 2.45) is 0 Å². The van der Waals surface area contributed by atoms with Crippen LogP contribution in [0.15, 0.2) is 18.2 Å². The first-order valence-electron chi connectivity index (χ1n) is 4.59. The van der Waals surface area contributed by atoms with E-state index in [2.05, 4.69) is 10.1 Å². The quantitative estimate of drug-likeness (QED) is 0.828. The highest BCUT2D eigenvalue weighted by molar-refractivity contribution is 6.31. The molecule has 0 atom stereocenters. The standard InChI is InChI=1S/C10H11ClF3NO/c1-7-2-3-8(6-9(7)11)15-4-5-16-10(12,13)14/h2-3,6,15H,4-5H2,1H3. The summed E-state index contributed by atoms with van der Waals surface area (Å²) in [5.74, 6) is 0. The molecule has 2 nitrogen and oxygen atoms in total. The molecule has 1 aromatic rings. The highest BCUT2D eigenvalue weighted by atomic mass is 35.5. The van der Waals surface area contributed by atoms with E-state index in [9.17, 15) is 13.2 Å². The lowest BCUT2D eigenvalue weighted by Crippen LogP contribution is -2.19. The summed E-state index contributed by atoms with van der Waals surface area (Å²) in [5.41, 5.74) is 1.58. The van der Waals surface area contributed by atoms with Gasteiger partial charge in [-0.15, -0.1) is 13.2 Å². The Morgan fingerprint density at radius 3 is 2.62 bits per heavy atom. The van der Waals surface area contributed by atoms with Gasteiger partial charge in [0.25, 0.3) is 0 Å². The van der Waals surface area contributed by atoms with Crippen LogP contribution in [0.2, 0.25) is 5.02 Å². The van der Waals surface area contributed by atoms with Crippen molar-refractivity contribution < 1.29 is 17.9 Å². The molecule has 0 aliphatic carbocycles. The Kier molecular flexibility index (Phi) is 4.44. The van der Waals surface area contributed by atoms with Gasteiger partial charge in [0.05, 0.1) is 6.61 Å². The third kappa shape index (κ3) is 4.72. The van der Waals surface area contributed by atoms with Crippen LogP contribution in [-0.4, -0.2) is 19.5 Å². The molecule has 1 rings (SSSR count). The van der Waals surface area contributed by atoms with Crippen molar-refractivity contribution in [1.82, 2.24) is 0 Å². The van der Waals surface area contributed by atoms with E-state index in [0.29, 0.717) is 10.7 Å². The van der Waals surface area contributed by atoms with Gasteiger partial charge in [0.2, 0.25) is 0 Å². The molecule has 0 heterocycles. The minimum atomic E-state index is -4.58. The van der Waals surface area contributed by atoms with Crippen molar-refractivity contribution in [3.8, 4) is 0 Å². The molecule has 0 fully saturated rings. The highest BCUT2D eigenvalue weighted by Gasteiger charge is 2.28. The molecule has 0 saturated heterocycles. The Hall–Kier alpha value is -0.940. The number of halogens is 4. The molecule has 90 valence electrons. The summed E-state index contributed by atoms with van der Waals surface area (Å²) in [6.07, 6.45) is -4.58. The first kappa shape index (κ1) is 13.1. The second kappa shape index (κ2) is 5.41. The zero-order chi connectivity index (χ0) is 12.2. The topological polar surface area (TPSA) is 21.3 Å². The van der Waals surface area contributed by atoms with Crippen LogP contribution < -0.4 is 5.32 Å². The first-order valence-corrected chi connectivity index (χ1v) is 4.97. The fourth-order valence-electron chi connectivity index (χ4n) is 1.06. The van der Waals surface area contributed by atoms with Gasteiger partial charge in [-0.2, -0.15) is 0 Å². The number of nitrogens with one attached hydrogen (secondary N) is 1. The van der Waals surface area contributed by atoms with Gasteiger partial charge in [-0.25, -0.2) is 0 Å². The normalized spacial score (nSPS) is 11.6. The van der Waals surface area contributed by atoms with Crippen molar-refractivity contribution >= 4 is 17.3 Å². The summed E-state index contributed by atoms with van der Waals surface area (Å²) >= 11 is 5.85. The zero-order valence-corrected chi connectivity index (χ0v) is 9.32. The fraction of sp³-hybridized carbons (Fsp3) is 0.400. The lowest BCUT2D eigenvalue weighted by atomic mass is 10.2. The predicted molar refractivity (Wildman–Crippen MR) is 56.7 cm³/mol. The summed E-state index contributed by atoms with van der Waals surface area (Å²) in [5, 5.41) is 3.35. The van der Waals surface area contributed by atoms with Crippen molar-refractivity contribution in [2.45, 2.75) is 13.3 Å². The summed E-state index contributed by atoms with van der Waals surface area (Å²) in [7, 11) is 0. The summed E-state index contributed by atoms with van der Waals surface area (Å²) in [4.78, 5) is 0. The average molecular weight is 254 g/mol. The number of aryl methyl sites for hydroxylation is 1. The number of benzene rings is 1. The van der Waals surface area contributed by atoms with E-state index in [1.54, 1.807) is 18.2 Å². The van der Waals surface area contributed by atoms with Gasteiger partial charge in [0, 0.05) is 17.3 Å². The summed E-state index contributed by atoms with van der Waals surface area (Å²) in [6, 6.07) is 5.19. The summed E-state index contributed by atoms with van der Waals surface area (Å²) in [6.45, 7) is 1.48. The maximum atomic E-state index is 11.6. The molecule has 0 aliphatic heterocycles. The molecular weight excluding hydrogens is 243 g/mol. The predicted octanol–water partition coefficient (Wildman–Crippen LogP) is 3.60. The van der Waals surface area contributed by atoms with Crippen molar-refractivity contribution in [2.75, 3.05) is 18.5 Å². The van der Waals surface area contributed by atoms with Crippen molar-refractivity contribution in [3.05, 3.63) is 28.8 Å². The molecule has 0 spiro atoms. The number of hydrogen-bond donors (Lipinski definition) is 1. The van der Waals surface area contributed by atoms with E-state index in [-0.39, 0.29) is 6.54 Å². The average Bonchev–Trinajstić information content (AvgIpc) is 2.17. The molecule has 0 saturated carbocycles.